The van der Waals surface area contributed by atoms with Crippen molar-refractivity contribution < 1.29 is 28.2 Å². The molecule has 160 valence electrons. The van der Waals surface area contributed by atoms with Crippen molar-refractivity contribution in [3.05, 3.63) is 65.5 Å². The van der Waals surface area contributed by atoms with E-state index in [2.05, 4.69) is 10.6 Å². The van der Waals surface area contributed by atoms with Crippen molar-refractivity contribution in [1.29, 1.82) is 0 Å². The predicted octanol–water partition coefficient (Wildman–Crippen LogP) is 2.30. The first-order chi connectivity index (χ1) is 14.4. The maximum Gasteiger partial charge on any atom is 0.308 e. The average Bonchev–Trinajstić information content (AvgIpc) is 2.72. The van der Waals surface area contributed by atoms with Crippen molar-refractivity contribution in [3.63, 3.8) is 0 Å². The van der Waals surface area contributed by atoms with E-state index in [0.717, 1.165) is 0 Å². The van der Waals surface area contributed by atoms with Crippen molar-refractivity contribution in [2.75, 3.05) is 20.3 Å². The van der Waals surface area contributed by atoms with Crippen LogP contribution in [-0.2, 0) is 25.5 Å². The van der Waals surface area contributed by atoms with Crippen LogP contribution < -0.4 is 15.4 Å². The molecule has 1 atom stereocenters. The quantitative estimate of drug-likeness (QED) is 0.580. The van der Waals surface area contributed by atoms with Crippen LogP contribution in [0.5, 0.6) is 5.75 Å². The summed E-state index contributed by atoms with van der Waals surface area (Å²) in [5, 5.41) is 5.23. The van der Waals surface area contributed by atoms with Crippen LogP contribution >= 0.6 is 0 Å². The van der Waals surface area contributed by atoms with Crippen LogP contribution in [0.3, 0.4) is 0 Å². The Morgan fingerprint density at radius 2 is 1.83 bits per heavy atom. The molecule has 2 aromatic carbocycles. The number of esters is 1. The summed E-state index contributed by atoms with van der Waals surface area (Å²) in [4.78, 5) is 36.3. The highest BCUT2D eigenvalue weighted by atomic mass is 19.1. The van der Waals surface area contributed by atoms with Gasteiger partial charge >= 0.3 is 5.97 Å². The van der Waals surface area contributed by atoms with Crippen molar-refractivity contribution in [2.45, 2.75) is 25.8 Å². The summed E-state index contributed by atoms with van der Waals surface area (Å²) >= 11 is 0. The predicted molar refractivity (Wildman–Crippen MR) is 108 cm³/mol. The van der Waals surface area contributed by atoms with Crippen LogP contribution in [0.4, 0.5) is 4.39 Å². The van der Waals surface area contributed by atoms with Crippen LogP contribution in [0.1, 0.15) is 30.5 Å². The summed E-state index contributed by atoms with van der Waals surface area (Å²) in [6, 6.07) is 12.0. The number of carbonyl (C=O) groups excluding carboxylic acids is 3. The zero-order chi connectivity index (χ0) is 21.9. The summed E-state index contributed by atoms with van der Waals surface area (Å²) < 4.78 is 23.4. The lowest BCUT2D eigenvalue weighted by molar-refractivity contribution is -0.144. The Morgan fingerprint density at radius 3 is 2.53 bits per heavy atom. The molecule has 7 nitrogen and oxygen atoms in total. The van der Waals surface area contributed by atoms with Crippen LogP contribution in [0, 0.1) is 5.82 Å². The Balaban J connectivity index is 1.97. The highest BCUT2D eigenvalue weighted by Crippen LogP contribution is 2.22. The minimum Gasteiger partial charge on any atom is -0.497 e. The summed E-state index contributed by atoms with van der Waals surface area (Å²) in [6.45, 7) is 1.65. The number of halogens is 1. The molecule has 2 rings (SSSR count). The summed E-state index contributed by atoms with van der Waals surface area (Å²) in [7, 11) is 1.52. The van der Waals surface area contributed by atoms with Crippen molar-refractivity contribution in [2.24, 2.45) is 0 Å². The number of carbonyl (C=O) groups is 3. The molecule has 0 radical (unpaired) electrons. The Bertz CT molecular complexity index is 887. The molecule has 0 saturated carbocycles. The Morgan fingerprint density at radius 1 is 1.07 bits per heavy atom. The second kappa shape index (κ2) is 11.5. The number of rotatable bonds is 10. The van der Waals surface area contributed by atoms with E-state index in [4.69, 9.17) is 9.47 Å². The van der Waals surface area contributed by atoms with Gasteiger partial charge in [-0.15, -0.1) is 0 Å². The topological polar surface area (TPSA) is 93.7 Å². The van der Waals surface area contributed by atoms with Crippen molar-refractivity contribution >= 4 is 17.8 Å². The molecule has 0 aliphatic heterocycles. The number of methoxy groups -OCH3 is 1. The third-order valence-electron chi connectivity index (χ3n) is 4.21. The molecule has 2 aromatic rings. The summed E-state index contributed by atoms with van der Waals surface area (Å²) in [6.07, 6.45) is -0.114. The van der Waals surface area contributed by atoms with Gasteiger partial charge in [0.2, 0.25) is 11.8 Å². The first-order valence-electron chi connectivity index (χ1n) is 9.51. The monoisotopic (exact) mass is 416 g/mol. The van der Waals surface area contributed by atoms with E-state index in [1.165, 1.54) is 25.3 Å². The fourth-order valence-corrected chi connectivity index (χ4v) is 2.82. The second-order valence-corrected chi connectivity index (χ2v) is 6.49. The number of benzene rings is 2. The molecule has 0 spiro atoms. The smallest absolute Gasteiger partial charge is 0.308 e. The molecule has 8 heteroatoms. The molecule has 0 aromatic heterocycles. The van der Waals surface area contributed by atoms with Gasteiger partial charge in [0, 0.05) is 0 Å². The van der Waals surface area contributed by atoms with Gasteiger partial charge < -0.3 is 20.1 Å². The van der Waals surface area contributed by atoms with E-state index in [1.807, 2.05) is 0 Å². The van der Waals surface area contributed by atoms with Gasteiger partial charge in [-0.05, 0) is 42.3 Å². The average molecular weight is 416 g/mol. The van der Waals surface area contributed by atoms with Gasteiger partial charge in [-0.25, -0.2) is 4.39 Å². The minimum atomic E-state index is -0.647. The largest absolute Gasteiger partial charge is 0.497 e. The van der Waals surface area contributed by atoms with Gasteiger partial charge in [0.1, 0.15) is 11.6 Å². The van der Waals surface area contributed by atoms with Gasteiger partial charge in [-0.1, -0.05) is 24.3 Å². The van der Waals surface area contributed by atoms with E-state index in [1.54, 1.807) is 37.3 Å². The molecule has 30 heavy (non-hydrogen) atoms. The van der Waals surface area contributed by atoms with Gasteiger partial charge in [0.25, 0.3) is 0 Å². The van der Waals surface area contributed by atoms with E-state index < -0.39 is 29.6 Å². The lowest BCUT2D eigenvalue weighted by Crippen LogP contribution is -2.39. The van der Waals surface area contributed by atoms with Gasteiger partial charge in [-0.2, -0.15) is 0 Å². The molecule has 0 saturated heterocycles. The zero-order valence-corrected chi connectivity index (χ0v) is 16.9. The first-order valence-corrected chi connectivity index (χ1v) is 9.51. The molecule has 0 aliphatic rings. The van der Waals surface area contributed by atoms with Gasteiger partial charge in [-0.3, -0.25) is 14.4 Å². The number of ether oxygens (including phenoxy) is 2. The third kappa shape index (κ3) is 7.54. The molecule has 0 aliphatic carbocycles. The SMILES string of the molecule is CCOC(=O)CC(NC(=O)CNC(=O)Cc1cccc(F)c1)c1cccc(OC)c1. The van der Waals surface area contributed by atoms with E-state index >= 15 is 0 Å². The molecule has 0 heterocycles. The number of hydrogen-bond donors (Lipinski definition) is 2. The van der Waals surface area contributed by atoms with Crippen LogP contribution in [0.2, 0.25) is 0 Å². The third-order valence-corrected chi connectivity index (χ3v) is 4.21. The lowest BCUT2D eigenvalue weighted by atomic mass is 10.0. The molecule has 1 unspecified atom stereocenters. The van der Waals surface area contributed by atoms with Crippen LogP contribution in [-0.4, -0.2) is 38.0 Å². The highest BCUT2D eigenvalue weighted by molar-refractivity contribution is 5.86. The zero-order valence-electron chi connectivity index (χ0n) is 16.9. The Kier molecular flexibility index (Phi) is 8.80. The molecular formula is C22H25FN2O5. The minimum absolute atomic E-state index is 0.0484. The van der Waals surface area contributed by atoms with Gasteiger partial charge in [0.05, 0.1) is 39.1 Å². The highest BCUT2D eigenvalue weighted by Gasteiger charge is 2.20. The standard InChI is InChI=1S/C22H25FN2O5/c1-3-30-22(28)13-19(16-7-5-9-18(12-16)29-2)25-21(27)14-24-20(26)11-15-6-4-8-17(23)10-15/h4-10,12,19H,3,11,13-14H2,1-2H3,(H,24,26)(H,25,27). The van der Waals surface area contributed by atoms with Gasteiger partial charge in [0.15, 0.2) is 0 Å². The number of amides is 2. The van der Waals surface area contributed by atoms with E-state index in [9.17, 15) is 18.8 Å². The molecular weight excluding hydrogens is 391 g/mol. The second-order valence-electron chi connectivity index (χ2n) is 6.49. The lowest BCUT2D eigenvalue weighted by Gasteiger charge is -2.19. The summed E-state index contributed by atoms with van der Waals surface area (Å²) in [5.74, 6) is -1.20. The molecule has 0 bridgehead atoms. The fourth-order valence-electron chi connectivity index (χ4n) is 2.82. The molecule has 0 fully saturated rings. The molecule has 2 N–H and O–H groups in total. The fraction of sp³-hybridized carbons (Fsp3) is 0.318. The molecule has 2 amide bonds. The van der Waals surface area contributed by atoms with Crippen LogP contribution in [0.15, 0.2) is 48.5 Å². The number of nitrogens with one attached hydrogen (secondary N) is 2. The maximum atomic E-state index is 13.2. The summed E-state index contributed by atoms with van der Waals surface area (Å²) in [5.41, 5.74) is 1.17. The first kappa shape index (κ1) is 22.9. The van der Waals surface area contributed by atoms with E-state index in [0.29, 0.717) is 16.9 Å². The maximum absolute atomic E-state index is 13.2. The normalized spacial score (nSPS) is 11.3. The number of hydrogen-bond acceptors (Lipinski definition) is 5. The van der Waals surface area contributed by atoms with E-state index in [-0.39, 0.29) is 26.0 Å². The van der Waals surface area contributed by atoms with Crippen molar-refractivity contribution in [3.8, 4) is 5.75 Å². The Hall–Kier alpha value is -3.42. The van der Waals surface area contributed by atoms with Crippen molar-refractivity contribution in [1.82, 2.24) is 10.6 Å². The van der Waals surface area contributed by atoms with Crippen LogP contribution in [0.25, 0.3) is 0 Å². The Labute approximate surface area is 174 Å².